The molecule has 1 N–H and O–H groups in total. The summed E-state index contributed by atoms with van der Waals surface area (Å²) in [5.41, 5.74) is 3.77. The van der Waals surface area contributed by atoms with Gasteiger partial charge in [-0.05, 0) is 50.7 Å². The summed E-state index contributed by atoms with van der Waals surface area (Å²) in [5, 5.41) is 3.51. The van der Waals surface area contributed by atoms with Crippen LogP contribution < -0.4 is 5.32 Å². The fraction of sp³-hybridized carbons (Fsp3) is 0.611. The number of hydrogen-bond acceptors (Lipinski definition) is 2. The van der Waals surface area contributed by atoms with Crippen molar-refractivity contribution < 1.29 is 4.79 Å². The molecule has 21 heavy (non-hydrogen) atoms. The van der Waals surface area contributed by atoms with E-state index in [1.165, 1.54) is 29.5 Å². The Labute approximate surface area is 127 Å². The van der Waals surface area contributed by atoms with Crippen molar-refractivity contribution >= 4 is 5.91 Å². The molecule has 2 fully saturated rings. The first kappa shape index (κ1) is 14.6. The van der Waals surface area contributed by atoms with Crippen LogP contribution >= 0.6 is 0 Å². The van der Waals surface area contributed by atoms with Crippen LogP contribution in [0, 0.1) is 19.8 Å². The summed E-state index contributed by atoms with van der Waals surface area (Å²) in [5.74, 6) is 0.869. The van der Waals surface area contributed by atoms with Crippen LogP contribution in [-0.2, 0) is 4.79 Å². The molecule has 1 saturated carbocycles. The van der Waals surface area contributed by atoms with Crippen LogP contribution in [-0.4, -0.2) is 22.9 Å². The molecule has 4 unspecified atom stereocenters. The molecule has 1 aliphatic carbocycles. The van der Waals surface area contributed by atoms with E-state index in [0.717, 1.165) is 6.42 Å². The zero-order valence-electron chi connectivity index (χ0n) is 13.5. The number of hydrogen-bond donors (Lipinski definition) is 1. The number of aryl methyl sites for hydroxylation is 2. The maximum atomic E-state index is 12.7. The highest BCUT2D eigenvalue weighted by atomic mass is 16.2. The van der Waals surface area contributed by atoms with E-state index >= 15 is 0 Å². The van der Waals surface area contributed by atoms with E-state index in [1.807, 2.05) is 6.92 Å². The molecule has 0 spiro atoms. The number of nitrogens with one attached hydrogen (secondary N) is 1. The second-order valence-electron chi connectivity index (χ2n) is 6.87. The van der Waals surface area contributed by atoms with Gasteiger partial charge in [-0.2, -0.15) is 0 Å². The third-order valence-corrected chi connectivity index (χ3v) is 5.21. The van der Waals surface area contributed by atoms with E-state index < -0.39 is 0 Å². The number of amides is 1. The molecule has 1 amide bonds. The topological polar surface area (TPSA) is 32.3 Å². The molecule has 1 aliphatic heterocycles. The summed E-state index contributed by atoms with van der Waals surface area (Å²) in [7, 11) is 0. The summed E-state index contributed by atoms with van der Waals surface area (Å²) in [6.07, 6.45) is 3.66. The molecule has 2 aliphatic rings. The summed E-state index contributed by atoms with van der Waals surface area (Å²) in [4.78, 5) is 14.8. The summed E-state index contributed by atoms with van der Waals surface area (Å²) in [6.45, 7) is 8.53. The Morgan fingerprint density at radius 3 is 2.62 bits per heavy atom. The number of carbonyl (C=O) groups excluding carboxylic acids is 1. The lowest BCUT2D eigenvalue weighted by atomic mass is 9.99. The second kappa shape index (κ2) is 5.45. The lowest BCUT2D eigenvalue weighted by molar-refractivity contribution is -0.132. The van der Waals surface area contributed by atoms with Gasteiger partial charge in [-0.25, -0.2) is 0 Å². The second-order valence-corrected chi connectivity index (χ2v) is 6.87. The van der Waals surface area contributed by atoms with E-state index in [9.17, 15) is 4.79 Å². The van der Waals surface area contributed by atoms with Crippen molar-refractivity contribution in [2.45, 2.75) is 65.2 Å². The van der Waals surface area contributed by atoms with Gasteiger partial charge in [0.2, 0.25) is 5.91 Å². The van der Waals surface area contributed by atoms with E-state index in [1.54, 1.807) is 0 Å². The summed E-state index contributed by atoms with van der Waals surface area (Å²) >= 11 is 0. The minimum Gasteiger partial charge on any atom is -0.318 e. The van der Waals surface area contributed by atoms with Gasteiger partial charge < -0.3 is 4.90 Å². The molecule has 3 rings (SSSR count). The third-order valence-electron chi connectivity index (χ3n) is 5.21. The third kappa shape index (κ3) is 2.48. The quantitative estimate of drug-likeness (QED) is 0.904. The van der Waals surface area contributed by atoms with Gasteiger partial charge in [0.05, 0.1) is 6.04 Å². The van der Waals surface area contributed by atoms with Crippen LogP contribution in [0.15, 0.2) is 18.2 Å². The van der Waals surface area contributed by atoms with Crippen LogP contribution in [0.4, 0.5) is 0 Å². The maximum Gasteiger partial charge on any atom is 0.241 e. The van der Waals surface area contributed by atoms with E-state index in [0.29, 0.717) is 12.0 Å². The van der Waals surface area contributed by atoms with Gasteiger partial charge in [-0.15, -0.1) is 0 Å². The Hall–Kier alpha value is -1.35. The molecular formula is C18H26N2O. The van der Waals surface area contributed by atoms with Gasteiger partial charge in [0.25, 0.3) is 0 Å². The first-order valence-electron chi connectivity index (χ1n) is 8.14. The minimum absolute atomic E-state index is 0.0398. The smallest absolute Gasteiger partial charge is 0.241 e. The molecular weight excluding hydrogens is 260 g/mol. The molecule has 0 bridgehead atoms. The number of rotatable bonds is 2. The van der Waals surface area contributed by atoms with Gasteiger partial charge in [0.15, 0.2) is 0 Å². The molecule has 1 saturated heterocycles. The van der Waals surface area contributed by atoms with Crippen LogP contribution in [0.3, 0.4) is 0 Å². The normalized spacial score (nSPS) is 33.0. The highest BCUT2D eigenvalue weighted by Gasteiger charge is 2.44. The number of carbonyl (C=O) groups is 1. The van der Waals surface area contributed by atoms with Gasteiger partial charge >= 0.3 is 0 Å². The molecule has 1 heterocycles. The van der Waals surface area contributed by atoms with Crippen molar-refractivity contribution in [3.05, 3.63) is 34.9 Å². The average Bonchev–Trinajstić information content (AvgIpc) is 2.97. The predicted octanol–water partition coefficient (Wildman–Crippen LogP) is 3.31. The van der Waals surface area contributed by atoms with Crippen LogP contribution in [0.2, 0.25) is 0 Å². The number of benzene rings is 1. The van der Waals surface area contributed by atoms with E-state index in [4.69, 9.17) is 0 Å². The standard InChI is InChI=1S/C18H26N2O/c1-11-8-9-12(2)15(10-11)17-19-14(4)18(21)20(17)16-7-5-6-13(16)3/h8-10,13-14,16-17,19H,5-7H2,1-4H3. The number of nitrogens with zero attached hydrogens (tertiary/aromatic N) is 1. The van der Waals surface area contributed by atoms with Gasteiger partial charge in [-0.1, -0.05) is 37.1 Å². The molecule has 3 heteroatoms. The fourth-order valence-corrected chi connectivity index (χ4v) is 3.93. The predicted molar refractivity (Wildman–Crippen MR) is 84.9 cm³/mol. The molecule has 1 aromatic rings. The summed E-state index contributed by atoms with van der Waals surface area (Å²) < 4.78 is 0. The monoisotopic (exact) mass is 286 g/mol. The first-order chi connectivity index (χ1) is 9.99. The molecule has 3 nitrogen and oxygen atoms in total. The van der Waals surface area contributed by atoms with Crippen LogP contribution in [0.1, 0.15) is 56.0 Å². The Bertz CT molecular complexity index is 554. The van der Waals surface area contributed by atoms with Gasteiger partial charge in [-0.3, -0.25) is 10.1 Å². The van der Waals surface area contributed by atoms with Crippen molar-refractivity contribution in [3.63, 3.8) is 0 Å². The minimum atomic E-state index is -0.0808. The Morgan fingerprint density at radius 1 is 1.19 bits per heavy atom. The van der Waals surface area contributed by atoms with Crippen LogP contribution in [0.5, 0.6) is 0 Å². The first-order valence-corrected chi connectivity index (χ1v) is 8.14. The van der Waals surface area contributed by atoms with Crippen molar-refractivity contribution in [2.24, 2.45) is 5.92 Å². The summed E-state index contributed by atoms with van der Waals surface area (Å²) in [6, 6.07) is 6.84. The highest BCUT2D eigenvalue weighted by Crippen LogP contribution is 2.38. The molecule has 1 aromatic carbocycles. The Morgan fingerprint density at radius 2 is 1.95 bits per heavy atom. The molecule has 0 aromatic heterocycles. The van der Waals surface area contributed by atoms with E-state index in [-0.39, 0.29) is 18.1 Å². The SMILES string of the molecule is Cc1ccc(C)c(C2NC(C)C(=O)N2C2CCCC2C)c1. The largest absolute Gasteiger partial charge is 0.318 e. The van der Waals surface area contributed by atoms with Crippen molar-refractivity contribution in [3.8, 4) is 0 Å². The molecule has 114 valence electrons. The van der Waals surface area contributed by atoms with Crippen LogP contribution in [0.25, 0.3) is 0 Å². The molecule has 4 atom stereocenters. The lowest BCUT2D eigenvalue weighted by Crippen LogP contribution is -2.41. The maximum absolute atomic E-state index is 12.7. The van der Waals surface area contributed by atoms with Gasteiger partial charge in [0.1, 0.15) is 6.17 Å². The highest BCUT2D eigenvalue weighted by molar-refractivity contribution is 5.84. The van der Waals surface area contributed by atoms with E-state index in [2.05, 4.69) is 49.2 Å². The average molecular weight is 286 g/mol. The Kier molecular flexibility index (Phi) is 3.78. The fourth-order valence-electron chi connectivity index (χ4n) is 3.93. The zero-order chi connectivity index (χ0) is 15.1. The van der Waals surface area contributed by atoms with Gasteiger partial charge in [0, 0.05) is 6.04 Å². The van der Waals surface area contributed by atoms with Crippen molar-refractivity contribution in [2.75, 3.05) is 0 Å². The van der Waals surface area contributed by atoms with Crippen molar-refractivity contribution in [1.82, 2.24) is 10.2 Å². The molecule has 0 radical (unpaired) electrons. The lowest BCUT2D eigenvalue weighted by Gasteiger charge is -2.34. The van der Waals surface area contributed by atoms with Crippen molar-refractivity contribution in [1.29, 1.82) is 0 Å². The zero-order valence-corrected chi connectivity index (χ0v) is 13.5. The Balaban J connectivity index is 1.99.